The molecule has 0 aliphatic carbocycles. The quantitative estimate of drug-likeness (QED) is 0.640. The van der Waals surface area contributed by atoms with Gasteiger partial charge in [0.2, 0.25) is 0 Å². The van der Waals surface area contributed by atoms with Crippen LogP contribution in [0.4, 0.5) is 0 Å². The number of hydrogen-bond donors (Lipinski definition) is 1. The summed E-state index contributed by atoms with van der Waals surface area (Å²) >= 11 is 0. The Balaban J connectivity index is 0.000000561. The van der Waals surface area contributed by atoms with Gasteiger partial charge in [0.05, 0.1) is 0 Å². The molecule has 1 rings (SSSR count). The molecule has 1 aliphatic rings. The molecule has 1 heterocycles. The lowest BCUT2D eigenvalue weighted by Crippen LogP contribution is -2.20. The van der Waals surface area contributed by atoms with E-state index in [9.17, 15) is 0 Å². The lowest BCUT2D eigenvalue weighted by atomic mass is 10.1. The van der Waals surface area contributed by atoms with Crippen LogP contribution in [0.1, 0.15) is 59.3 Å². The van der Waals surface area contributed by atoms with Crippen LogP contribution in [0.25, 0.3) is 0 Å². The van der Waals surface area contributed by atoms with Gasteiger partial charge < -0.3 is 5.32 Å². The third-order valence-electron chi connectivity index (χ3n) is 2.32. The van der Waals surface area contributed by atoms with Gasteiger partial charge in [0.15, 0.2) is 0 Å². The highest BCUT2D eigenvalue weighted by molar-refractivity contribution is 4.73. The van der Waals surface area contributed by atoms with Crippen molar-refractivity contribution in [1.82, 2.24) is 5.32 Å². The van der Waals surface area contributed by atoms with E-state index in [1.54, 1.807) is 0 Å². The monoisotopic (exact) mass is 171 g/mol. The second-order valence-electron chi connectivity index (χ2n) is 3.29. The Morgan fingerprint density at radius 2 is 2.00 bits per heavy atom. The fraction of sp³-hybridized carbons (Fsp3) is 1.00. The zero-order valence-corrected chi connectivity index (χ0v) is 9.03. The van der Waals surface area contributed by atoms with Gasteiger partial charge in [-0.05, 0) is 25.8 Å². The van der Waals surface area contributed by atoms with E-state index in [1.807, 2.05) is 13.8 Å². The van der Waals surface area contributed by atoms with Gasteiger partial charge in [-0.25, -0.2) is 0 Å². The topological polar surface area (TPSA) is 12.0 Å². The summed E-state index contributed by atoms with van der Waals surface area (Å²) in [7, 11) is 0. The van der Waals surface area contributed by atoms with Crippen molar-refractivity contribution >= 4 is 0 Å². The van der Waals surface area contributed by atoms with E-state index in [1.165, 1.54) is 45.1 Å². The summed E-state index contributed by atoms with van der Waals surface area (Å²) in [5.41, 5.74) is 0. The van der Waals surface area contributed by atoms with Crippen LogP contribution in [-0.2, 0) is 0 Å². The van der Waals surface area contributed by atoms with Gasteiger partial charge in [-0.1, -0.05) is 40.0 Å². The largest absolute Gasteiger partial charge is 0.314 e. The molecular weight excluding hydrogens is 146 g/mol. The van der Waals surface area contributed by atoms with Crippen LogP contribution in [0, 0.1) is 0 Å². The lowest BCUT2D eigenvalue weighted by molar-refractivity contribution is 0.520. The average Bonchev–Trinajstić information content (AvgIpc) is 2.61. The van der Waals surface area contributed by atoms with E-state index in [0.717, 1.165) is 6.04 Å². The van der Waals surface area contributed by atoms with Crippen LogP contribution < -0.4 is 5.32 Å². The van der Waals surface area contributed by atoms with Gasteiger partial charge >= 0.3 is 0 Å². The molecule has 0 spiro atoms. The molecule has 1 saturated heterocycles. The van der Waals surface area contributed by atoms with Gasteiger partial charge in [0.25, 0.3) is 0 Å². The maximum atomic E-state index is 3.52. The van der Waals surface area contributed by atoms with Crippen LogP contribution in [0.3, 0.4) is 0 Å². The molecule has 1 heteroatoms. The number of hydrogen-bond acceptors (Lipinski definition) is 1. The van der Waals surface area contributed by atoms with Crippen molar-refractivity contribution in [3.05, 3.63) is 0 Å². The first-order valence-electron chi connectivity index (χ1n) is 5.67. The molecule has 1 unspecified atom stereocenters. The van der Waals surface area contributed by atoms with Crippen molar-refractivity contribution in [2.75, 3.05) is 6.54 Å². The summed E-state index contributed by atoms with van der Waals surface area (Å²) in [4.78, 5) is 0. The van der Waals surface area contributed by atoms with E-state index in [-0.39, 0.29) is 0 Å². The van der Waals surface area contributed by atoms with Gasteiger partial charge in [-0.3, -0.25) is 0 Å². The van der Waals surface area contributed by atoms with E-state index in [0.29, 0.717) is 0 Å². The predicted molar refractivity (Wildman–Crippen MR) is 56.5 cm³/mol. The minimum absolute atomic E-state index is 0.867. The molecule has 0 bridgehead atoms. The highest BCUT2D eigenvalue weighted by Gasteiger charge is 2.12. The van der Waals surface area contributed by atoms with Crippen LogP contribution in [0.2, 0.25) is 0 Å². The van der Waals surface area contributed by atoms with Crippen molar-refractivity contribution in [3.8, 4) is 0 Å². The van der Waals surface area contributed by atoms with Crippen LogP contribution in [0.5, 0.6) is 0 Å². The van der Waals surface area contributed by atoms with E-state index in [2.05, 4.69) is 12.2 Å². The smallest absolute Gasteiger partial charge is 0.00675 e. The Morgan fingerprint density at radius 1 is 1.25 bits per heavy atom. The molecule has 1 N–H and O–H groups in total. The molecule has 12 heavy (non-hydrogen) atoms. The number of rotatable bonds is 4. The summed E-state index contributed by atoms with van der Waals surface area (Å²) in [6.07, 6.45) is 8.42. The molecule has 0 aromatic rings. The molecule has 0 aromatic carbocycles. The Labute approximate surface area is 77.9 Å². The lowest BCUT2D eigenvalue weighted by Gasteiger charge is -2.07. The van der Waals surface area contributed by atoms with Gasteiger partial charge in [0, 0.05) is 6.04 Å². The van der Waals surface area contributed by atoms with Crippen molar-refractivity contribution in [1.29, 1.82) is 0 Å². The summed E-state index contributed by atoms with van der Waals surface area (Å²) in [5.74, 6) is 0. The fourth-order valence-corrected chi connectivity index (χ4v) is 1.64. The highest BCUT2D eigenvalue weighted by Crippen LogP contribution is 2.12. The van der Waals surface area contributed by atoms with Crippen LogP contribution >= 0.6 is 0 Å². The SMILES string of the molecule is CC.CCCCCC1CCCN1. The molecule has 1 atom stereocenters. The minimum Gasteiger partial charge on any atom is -0.314 e. The predicted octanol–water partition coefficient (Wildman–Crippen LogP) is 3.34. The Kier molecular flexibility index (Phi) is 9.02. The molecule has 0 radical (unpaired) electrons. The van der Waals surface area contributed by atoms with E-state index >= 15 is 0 Å². The molecule has 0 amide bonds. The number of nitrogens with one attached hydrogen (secondary N) is 1. The zero-order valence-electron chi connectivity index (χ0n) is 9.03. The normalized spacial score (nSPS) is 21.8. The molecule has 1 nitrogen and oxygen atoms in total. The van der Waals surface area contributed by atoms with Gasteiger partial charge in [-0.15, -0.1) is 0 Å². The minimum atomic E-state index is 0.867. The van der Waals surface area contributed by atoms with E-state index in [4.69, 9.17) is 0 Å². The Hall–Kier alpha value is -0.0400. The first-order chi connectivity index (χ1) is 5.93. The first kappa shape index (κ1) is 12.0. The van der Waals surface area contributed by atoms with Crippen molar-refractivity contribution in [2.45, 2.75) is 65.3 Å². The third kappa shape index (κ3) is 5.59. The first-order valence-corrected chi connectivity index (χ1v) is 5.67. The molecule has 0 saturated carbocycles. The van der Waals surface area contributed by atoms with Gasteiger partial charge in [0.1, 0.15) is 0 Å². The average molecular weight is 171 g/mol. The highest BCUT2D eigenvalue weighted by atomic mass is 14.9. The van der Waals surface area contributed by atoms with Crippen molar-refractivity contribution in [2.24, 2.45) is 0 Å². The standard InChI is InChI=1S/C9H19N.C2H6/c1-2-3-4-6-9-7-5-8-10-9;1-2/h9-10H,2-8H2,1H3;1-2H3. The summed E-state index contributed by atoms with van der Waals surface area (Å²) in [5, 5.41) is 3.52. The Bertz CT molecular complexity index is 75.1. The second-order valence-corrected chi connectivity index (χ2v) is 3.29. The van der Waals surface area contributed by atoms with Gasteiger partial charge in [-0.2, -0.15) is 0 Å². The maximum absolute atomic E-state index is 3.52. The molecule has 1 fully saturated rings. The third-order valence-corrected chi connectivity index (χ3v) is 2.32. The second kappa shape index (κ2) is 9.05. The Morgan fingerprint density at radius 3 is 2.50 bits per heavy atom. The molecule has 0 aromatic heterocycles. The number of unbranched alkanes of at least 4 members (excludes halogenated alkanes) is 2. The van der Waals surface area contributed by atoms with Crippen molar-refractivity contribution in [3.63, 3.8) is 0 Å². The molecule has 74 valence electrons. The summed E-state index contributed by atoms with van der Waals surface area (Å²) in [6.45, 7) is 7.53. The molecule has 1 aliphatic heterocycles. The molecular formula is C11H25N. The maximum Gasteiger partial charge on any atom is 0.00675 e. The van der Waals surface area contributed by atoms with Crippen LogP contribution in [-0.4, -0.2) is 12.6 Å². The fourth-order valence-electron chi connectivity index (χ4n) is 1.64. The summed E-state index contributed by atoms with van der Waals surface area (Å²) in [6, 6.07) is 0.867. The van der Waals surface area contributed by atoms with Crippen LogP contribution in [0.15, 0.2) is 0 Å². The van der Waals surface area contributed by atoms with Crippen molar-refractivity contribution < 1.29 is 0 Å². The summed E-state index contributed by atoms with van der Waals surface area (Å²) < 4.78 is 0. The zero-order chi connectivity index (χ0) is 9.23. The van der Waals surface area contributed by atoms with E-state index < -0.39 is 0 Å².